The average molecular weight is 326 g/mol. The Morgan fingerprint density at radius 3 is 2.46 bits per heavy atom. The lowest BCUT2D eigenvalue weighted by atomic mass is 10.2. The monoisotopic (exact) mass is 326 g/mol. The van der Waals surface area contributed by atoms with Crippen molar-refractivity contribution in [3.05, 3.63) is 45.9 Å². The largest absolute Gasteiger partial charge is 0.497 e. The van der Waals surface area contributed by atoms with Gasteiger partial charge in [-0.3, -0.25) is 19.2 Å². The van der Waals surface area contributed by atoms with Crippen LogP contribution < -0.4 is 15.2 Å². The summed E-state index contributed by atoms with van der Waals surface area (Å²) >= 11 is 0. The number of fused-ring (bicyclic) bond motifs is 1. The Balaban J connectivity index is 1.82. The molecule has 0 radical (unpaired) electrons. The third-order valence-electron chi connectivity index (χ3n) is 4.95. The first kappa shape index (κ1) is 15.2. The summed E-state index contributed by atoms with van der Waals surface area (Å²) < 4.78 is 7.05. The van der Waals surface area contributed by atoms with Crippen molar-refractivity contribution in [1.82, 2.24) is 14.5 Å². The van der Waals surface area contributed by atoms with E-state index in [4.69, 9.17) is 9.72 Å². The van der Waals surface area contributed by atoms with Crippen LogP contribution in [0.25, 0.3) is 0 Å². The lowest BCUT2D eigenvalue weighted by Crippen LogP contribution is -2.48. The third kappa shape index (κ3) is 2.47. The fraction of sp³-hybridized carbons (Fsp3) is 0.444. The molecule has 1 aliphatic heterocycles. The smallest absolute Gasteiger partial charge is 0.259 e. The van der Waals surface area contributed by atoms with Crippen molar-refractivity contribution in [1.29, 1.82) is 0 Å². The molecule has 2 heterocycles. The number of methoxy groups -OCH3 is 1. The van der Waals surface area contributed by atoms with Crippen molar-refractivity contribution < 1.29 is 4.74 Å². The number of rotatable bonds is 3. The Bertz CT molecular complexity index is 824. The van der Waals surface area contributed by atoms with Crippen molar-refractivity contribution in [2.45, 2.75) is 39.4 Å². The molecule has 0 bridgehead atoms. The maximum absolute atomic E-state index is 12.7. The highest BCUT2D eigenvalue weighted by molar-refractivity contribution is 5.59. The molecule has 1 fully saturated rings. The molecule has 0 amide bonds. The van der Waals surface area contributed by atoms with Gasteiger partial charge in [0.05, 0.1) is 20.4 Å². The van der Waals surface area contributed by atoms with Gasteiger partial charge in [-0.1, -0.05) is 0 Å². The normalized spacial score (nSPS) is 17.7. The first-order valence-electron chi connectivity index (χ1n) is 8.32. The quantitative estimate of drug-likeness (QED) is 0.867. The van der Waals surface area contributed by atoms with Gasteiger partial charge in [0.15, 0.2) is 0 Å². The van der Waals surface area contributed by atoms with E-state index in [0.717, 1.165) is 35.3 Å². The van der Waals surface area contributed by atoms with Crippen LogP contribution in [0.5, 0.6) is 5.75 Å². The van der Waals surface area contributed by atoms with Gasteiger partial charge in [-0.25, -0.2) is 4.98 Å². The van der Waals surface area contributed by atoms with Gasteiger partial charge in [0.25, 0.3) is 5.56 Å². The second kappa shape index (κ2) is 5.63. The minimum absolute atomic E-state index is 0.0568. The van der Waals surface area contributed by atoms with Gasteiger partial charge in [-0.2, -0.15) is 0 Å². The highest BCUT2D eigenvalue weighted by Crippen LogP contribution is 2.34. The molecule has 0 N–H and O–H groups in total. The van der Waals surface area contributed by atoms with Crippen LogP contribution in [0.15, 0.2) is 29.1 Å². The van der Waals surface area contributed by atoms with Crippen LogP contribution >= 0.6 is 0 Å². The summed E-state index contributed by atoms with van der Waals surface area (Å²) in [6.07, 6.45) is 2.41. The SMILES string of the molecule is COc1ccc(N2CN(C3CC3)Cn3c2nc(C)c(C)c3=O)cc1. The van der Waals surface area contributed by atoms with E-state index >= 15 is 0 Å². The second-order valence-corrected chi connectivity index (χ2v) is 6.58. The van der Waals surface area contributed by atoms with Gasteiger partial charge in [0, 0.05) is 23.0 Å². The van der Waals surface area contributed by atoms with E-state index in [9.17, 15) is 4.79 Å². The number of anilines is 2. The van der Waals surface area contributed by atoms with Crippen LogP contribution in [0.1, 0.15) is 24.1 Å². The number of aryl methyl sites for hydroxylation is 1. The summed E-state index contributed by atoms with van der Waals surface area (Å²) in [5, 5.41) is 0. The number of nitrogens with zero attached hydrogens (tertiary/aromatic N) is 4. The summed E-state index contributed by atoms with van der Waals surface area (Å²) in [5.41, 5.74) is 2.60. The fourth-order valence-electron chi connectivity index (χ4n) is 3.18. The summed E-state index contributed by atoms with van der Waals surface area (Å²) in [5.74, 6) is 1.55. The van der Waals surface area contributed by atoms with E-state index in [1.807, 2.05) is 38.1 Å². The van der Waals surface area contributed by atoms with E-state index in [1.54, 1.807) is 11.7 Å². The van der Waals surface area contributed by atoms with Crippen molar-refractivity contribution in [2.24, 2.45) is 0 Å². The molecule has 0 spiro atoms. The minimum Gasteiger partial charge on any atom is -0.497 e. The van der Waals surface area contributed by atoms with Crippen LogP contribution in [-0.4, -0.2) is 34.3 Å². The standard InChI is InChI=1S/C18H22N4O2/c1-12-13(2)19-18-21(15-6-8-16(24-3)9-7-15)10-20(14-4-5-14)11-22(18)17(12)23/h6-9,14H,4-5,10-11H2,1-3H3. The minimum atomic E-state index is 0.0568. The molecular weight excluding hydrogens is 304 g/mol. The van der Waals surface area contributed by atoms with Crippen molar-refractivity contribution in [3.63, 3.8) is 0 Å². The Kier molecular flexibility index (Phi) is 3.57. The topological polar surface area (TPSA) is 50.6 Å². The molecule has 1 aromatic carbocycles. The average Bonchev–Trinajstić information content (AvgIpc) is 3.44. The van der Waals surface area contributed by atoms with Crippen molar-refractivity contribution in [3.8, 4) is 5.75 Å². The number of ether oxygens (including phenoxy) is 1. The molecule has 1 aromatic heterocycles. The van der Waals surface area contributed by atoms with Gasteiger partial charge in [-0.05, 0) is 51.0 Å². The molecule has 1 saturated carbocycles. The molecule has 4 rings (SSSR count). The molecule has 0 atom stereocenters. The second-order valence-electron chi connectivity index (χ2n) is 6.58. The number of hydrogen-bond acceptors (Lipinski definition) is 5. The Hall–Kier alpha value is -2.34. The first-order valence-corrected chi connectivity index (χ1v) is 8.32. The molecule has 2 aliphatic rings. The van der Waals surface area contributed by atoms with Crippen LogP contribution in [0, 0.1) is 13.8 Å². The Morgan fingerprint density at radius 1 is 1.12 bits per heavy atom. The maximum atomic E-state index is 12.7. The van der Waals surface area contributed by atoms with Gasteiger partial charge in [0.2, 0.25) is 5.95 Å². The summed E-state index contributed by atoms with van der Waals surface area (Å²) in [6, 6.07) is 8.48. The predicted molar refractivity (Wildman–Crippen MR) is 92.8 cm³/mol. The van der Waals surface area contributed by atoms with Crippen LogP contribution in [0.3, 0.4) is 0 Å². The zero-order valence-corrected chi connectivity index (χ0v) is 14.3. The number of hydrogen-bond donors (Lipinski definition) is 0. The highest BCUT2D eigenvalue weighted by Gasteiger charge is 2.35. The zero-order valence-electron chi connectivity index (χ0n) is 14.3. The van der Waals surface area contributed by atoms with E-state index in [0.29, 0.717) is 12.7 Å². The van der Waals surface area contributed by atoms with Gasteiger partial charge in [-0.15, -0.1) is 0 Å². The van der Waals surface area contributed by atoms with Gasteiger partial charge in [0.1, 0.15) is 5.75 Å². The molecule has 1 aliphatic carbocycles. The maximum Gasteiger partial charge on any atom is 0.259 e. The van der Waals surface area contributed by atoms with Crippen molar-refractivity contribution in [2.75, 3.05) is 18.7 Å². The van der Waals surface area contributed by atoms with E-state index in [1.165, 1.54) is 12.8 Å². The predicted octanol–water partition coefficient (Wildman–Crippen LogP) is 2.40. The number of aromatic nitrogens is 2. The molecule has 6 nitrogen and oxygen atoms in total. The summed E-state index contributed by atoms with van der Waals surface area (Å²) in [6.45, 7) is 5.13. The molecular formula is C18H22N4O2. The van der Waals surface area contributed by atoms with Crippen LogP contribution in [-0.2, 0) is 6.67 Å². The Labute approximate surface area is 141 Å². The van der Waals surface area contributed by atoms with Crippen LogP contribution in [0.4, 0.5) is 11.6 Å². The molecule has 6 heteroatoms. The number of benzene rings is 1. The summed E-state index contributed by atoms with van der Waals surface area (Å²) in [4.78, 5) is 21.9. The lowest BCUT2D eigenvalue weighted by molar-refractivity contribution is 0.188. The van der Waals surface area contributed by atoms with E-state index in [-0.39, 0.29) is 5.56 Å². The van der Waals surface area contributed by atoms with E-state index in [2.05, 4.69) is 9.80 Å². The molecule has 24 heavy (non-hydrogen) atoms. The molecule has 0 saturated heterocycles. The van der Waals surface area contributed by atoms with Crippen LogP contribution in [0.2, 0.25) is 0 Å². The van der Waals surface area contributed by atoms with Crippen molar-refractivity contribution >= 4 is 11.6 Å². The van der Waals surface area contributed by atoms with Gasteiger partial charge >= 0.3 is 0 Å². The van der Waals surface area contributed by atoms with Gasteiger partial charge < -0.3 is 4.74 Å². The first-order chi connectivity index (χ1) is 11.6. The van der Waals surface area contributed by atoms with E-state index < -0.39 is 0 Å². The molecule has 2 aromatic rings. The molecule has 126 valence electrons. The highest BCUT2D eigenvalue weighted by atomic mass is 16.5. The lowest BCUT2D eigenvalue weighted by Gasteiger charge is -2.38. The summed E-state index contributed by atoms with van der Waals surface area (Å²) in [7, 11) is 1.66. The zero-order chi connectivity index (χ0) is 16.8. The Morgan fingerprint density at radius 2 is 1.83 bits per heavy atom. The molecule has 0 unspecified atom stereocenters. The fourth-order valence-corrected chi connectivity index (χ4v) is 3.18. The third-order valence-corrected chi connectivity index (χ3v) is 4.95.